The second kappa shape index (κ2) is 6.44. The molecule has 0 aliphatic heterocycles. The Morgan fingerprint density at radius 3 is 2.05 bits per heavy atom. The van der Waals surface area contributed by atoms with Gasteiger partial charge in [0.15, 0.2) is 5.78 Å². The SMILES string of the molecule is C=C(C)C(=O)NC(C)(C)Cc1ccc(C(=O)C(C)(C)O)cc1. The number of hydrogen-bond donors (Lipinski definition) is 2. The Morgan fingerprint density at radius 2 is 1.64 bits per heavy atom. The molecule has 0 aliphatic carbocycles. The molecule has 0 heterocycles. The number of carbonyl (C=O) groups excluding carboxylic acids is 2. The minimum atomic E-state index is -1.38. The summed E-state index contributed by atoms with van der Waals surface area (Å²) in [6, 6.07) is 7.08. The summed E-state index contributed by atoms with van der Waals surface area (Å²) in [5.74, 6) is -0.479. The summed E-state index contributed by atoms with van der Waals surface area (Å²) in [5.41, 5.74) is 0.146. The number of Topliss-reactive ketones (excluding diaryl/α,β-unsaturated/α-hetero) is 1. The Labute approximate surface area is 132 Å². The highest BCUT2D eigenvalue weighted by Crippen LogP contribution is 2.17. The molecule has 1 rings (SSSR count). The summed E-state index contributed by atoms with van der Waals surface area (Å²) in [7, 11) is 0. The first-order valence-electron chi connectivity index (χ1n) is 7.26. The summed E-state index contributed by atoms with van der Waals surface area (Å²) in [5, 5.41) is 12.7. The van der Waals surface area contributed by atoms with Crippen molar-refractivity contribution in [3.05, 3.63) is 47.5 Å². The van der Waals surface area contributed by atoms with Crippen LogP contribution in [0.4, 0.5) is 0 Å². The summed E-state index contributed by atoms with van der Waals surface area (Å²) in [4.78, 5) is 23.7. The highest BCUT2D eigenvalue weighted by molar-refractivity contribution is 6.01. The van der Waals surface area contributed by atoms with E-state index in [1.165, 1.54) is 13.8 Å². The van der Waals surface area contributed by atoms with Crippen molar-refractivity contribution in [1.82, 2.24) is 5.32 Å². The van der Waals surface area contributed by atoms with Crippen LogP contribution in [0.2, 0.25) is 0 Å². The average Bonchev–Trinajstić information content (AvgIpc) is 2.36. The van der Waals surface area contributed by atoms with E-state index < -0.39 is 11.1 Å². The van der Waals surface area contributed by atoms with E-state index in [0.29, 0.717) is 17.6 Å². The van der Waals surface area contributed by atoms with E-state index in [1.54, 1.807) is 19.1 Å². The first-order chi connectivity index (χ1) is 9.92. The van der Waals surface area contributed by atoms with Crippen LogP contribution in [-0.2, 0) is 11.2 Å². The molecule has 0 radical (unpaired) electrons. The summed E-state index contributed by atoms with van der Waals surface area (Å²) < 4.78 is 0. The standard InChI is InChI=1S/C18H25NO3/c1-12(2)16(21)19-17(3,4)11-13-7-9-14(10-8-13)15(20)18(5,6)22/h7-10,22H,1,11H2,2-6H3,(H,19,21). The number of ketones is 1. The zero-order chi connectivity index (χ0) is 17.1. The monoisotopic (exact) mass is 303 g/mol. The summed E-state index contributed by atoms with van der Waals surface area (Å²) in [6.45, 7) is 12.1. The third kappa shape index (κ3) is 5.11. The molecule has 1 aromatic carbocycles. The molecule has 4 heteroatoms. The first-order valence-corrected chi connectivity index (χ1v) is 7.26. The van der Waals surface area contributed by atoms with Gasteiger partial charge in [0.25, 0.3) is 0 Å². The number of aliphatic hydroxyl groups is 1. The van der Waals surface area contributed by atoms with Gasteiger partial charge < -0.3 is 10.4 Å². The molecule has 4 nitrogen and oxygen atoms in total. The largest absolute Gasteiger partial charge is 0.382 e. The van der Waals surface area contributed by atoms with Gasteiger partial charge in [0.2, 0.25) is 5.91 Å². The molecule has 0 aliphatic rings. The molecule has 1 aromatic rings. The molecule has 0 aromatic heterocycles. The lowest BCUT2D eigenvalue weighted by molar-refractivity contribution is -0.118. The zero-order valence-electron chi connectivity index (χ0n) is 14.0. The first kappa shape index (κ1) is 18.1. The lowest BCUT2D eigenvalue weighted by atomic mass is 9.92. The van der Waals surface area contributed by atoms with Crippen LogP contribution in [0.5, 0.6) is 0 Å². The zero-order valence-corrected chi connectivity index (χ0v) is 14.0. The van der Waals surface area contributed by atoms with E-state index in [-0.39, 0.29) is 11.7 Å². The number of benzene rings is 1. The molecule has 120 valence electrons. The summed E-state index contributed by atoms with van der Waals surface area (Å²) in [6.07, 6.45) is 0.628. The molecule has 0 saturated carbocycles. The van der Waals surface area contributed by atoms with E-state index in [1.807, 2.05) is 26.0 Å². The van der Waals surface area contributed by atoms with Gasteiger partial charge in [-0.1, -0.05) is 30.8 Å². The van der Waals surface area contributed by atoms with Crippen LogP contribution in [0, 0.1) is 0 Å². The molecule has 0 atom stereocenters. The topological polar surface area (TPSA) is 66.4 Å². The van der Waals surface area contributed by atoms with Gasteiger partial charge >= 0.3 is 0 Å². The van der Waals surface area contributed by atoms with Gasteiger partial charge in [0.1, 0.15) is 5.60 Å². The van der Waals surface area contributed by atoms with Crippen molar-refractivity contribution in [2.24, 2.45) is 0 Å². The van der Waals surface area contributed by atoms with Gasteiger partial charge in [0.05, 0.1) is 0 Å². The van der Waals surface area contributed by atoms with Crippen LogP contribution in [-0.4, -0.2) is 27.9 Å². The Balaban J connectivity index is 2.82. The van der Waals surface area contributed by atoms with Gasteiger partial charge in [-0.25, -0.2) is 0 Å². The molecule has 0 unspecified atom stereocenters. The van der Waals surface area contributed by atoms with Crippen LogP contribution in [0.1, 0.15) is 50.5 Å². The average molecular weight is 303 g/mol. The predicted octanol–water partition coefficient (Wildman–Crippen LogP) is 2.65. The van der Waals surface area contributed by atoms with Crippen molar-refractivity contribution in [2.45, 2.75) is 52.2 Å². The van der Waals surface area contributed by atoms with Gasteiger partial charge in [0, 0.05) is 16.7 Å². The second-order valence-electron chi connectivity index (χ2n) is 6.88. The molecule has 0 saturated heterocycles. The van der Waals surface area contributed by atoms with Crippen molar-refractivity contribution in [3.63, 3.8) is 0 Å². The quantitative estimate of drug-likeness (QED) is 0.627. The molecule has 1 amide bonds. The van der Waals surface area contributed by atoms with Crippen molar-refractivity contribution in [2.75, 3.05) is 0 Å². The van der Waals surface area contributed by atoms with Gasteiger partial charge in [-0.15, -0.1) is 0 Å². The Bertz CT molecular complexity index is 577. The lowest BCUT2D eigenvalue weighted by Gasteiger charge is -2.26. The molecule has 22 heavy (non-hydrogen) atoms. The highest BCUT2D eigenvalue weighted by Gasteiger charge is 2.25. The maximum absolute atomic E-state index is 12.0. The number of hydrogen-bond acceptors (Lipinski definition) is 3. The second-order valence-corrected chi connectivity index (χ2v) is 6.88. The maximum Gasteiger partial charge on any atom is 0.246 e. The predicted molar refractivity (Wildman–Crippen MR) is 87.8 cm³/mol. The van der Waals surface area contributed by atoms with Gasteiger partial charge in [-0.3, -0.25) is 9.59 Å². The minimum Gasteiger partial charge on any atom is -0.382 e. The van der Waals surface area contributed by atoms with E-state index in [0.717, 1.165) is 5.56 Å². The van der Waals surface area contributed by atoms with Gasteiger partial charge in [-0.2, -0.15) is 0 Å². The van der Waals surface area contributed by atoms with Crippen LogP contribution < -0.4 is 5.32 Å². The van der Waals surface area contributed by atoms with E-state index in [2.05, 4.69) is 11.9 Å². The Morgan fingerprint density at radius 1 is 1.14 bits per heavy atom. The third-order valence-corrected chi connectivity index (χ3v) is 3.26. The summed E-state index contributed by atoms with van der Waals surface area (Å²) >= 11 is 0. The van der Waals surface area contributed by atoms with Crippen molar-refractivity contribution >= 4 is 11.7 Å². The normalized spacial score (nSPS) is 11.9. The van der Waals surface area contributed by atoms with Crippen molar-refractivity contribution < 1.29 is 14.7 Å². The van der Waals surface area contributed by atoms with Crippen molar-refractivity contribution in [1.29, 1.82) is 0 Å². The Kier molecular flexibility index (Phi) is 5.30. The smallest absolute Gasteiger partial charge is 0.246 e. The van der Waals surface area contributed by atoms with Crippen LogP contribution in [0.25, 0.3) is 0 Å². The fourth-order valence-corrected chi connectivity index (χ4v) is 2.10. The molecular weight excluding hydrogens is 278 g/mol. The third-order valence-electron chi connectivity index (χ3n) is 3.26. The fraction of sp³-hybridized carbons (Fsp3) is 0.444. The number of nitrogens with one attached hydrogen (secondary N) is 1. The molecule has 0 spiro atoms. The van der Waals surface area contributed by atoms with Crippen LogP contribution in [0.15, 0.2) is 36.4 Å². The van der Waals surface area contributed by atoms with Gasteiger partial charge in [-0.05, 0) is 46.6 Å². The fourth-order valence-electron chi connectivity index (χ4n) is 2.10. The number of carbonyl (C=O) groups is 2. The molecule has 0 fully saturated rings. The molecule has 0 bridgehead atoms. The number of amides is 1. The molecular formula is C18H25NO3. The van der Waals surface area contributed by atoms with Crippen LogP contribution in [0.3, 0.4) is 0 Å². The lowest BCUT2D eigenvalue weighted by Crippen LogP contribution is -2.45. The number of rotatable bonds is 6. The maximum atomic E-state index is 12.0. The van der Waals surface area contributed by atoms with Crippen LogP contribution >= 0.6 is 0 Å². The van der Waals surface area contributed by atoms with E-state index in [4.69, 9.17) is 0 Å². The molecule has 2 N–H and O–H groups in total. The Hall–Kier alpha value is -1.94. The van der Waals surface area contributed by atoms with Crippen molar-refractivity contribution in [3.8, 4) is 0 Å². The highest BCUT2D eigenvalue weighted by atomic mass is 16.3. The van der Waals surface area contributed by atoms with E-state index in [9.17, 15) is 14.7 Å². The van der Waals surface area contributed by atoms with E-state index >= 15 is 0 Å². The minimum absolute atomic E-state index is 0.168.